The fourth-order valence-electron chi connectivity index (χ4n) is 1.67. The zero-order valence-corrected chi connectivity index (χ0v) is 12.8. The first-order valence-electron chi connectivity index (χ1n) is 6.32. The van der Waals surface area contributed by atoms with Crippen molar-refractivity contribution in [1.82, 2.24) is 4.31 Å². The quantitative estimate of drug-likeness (QED) is 0.727. The van der Waals surface area contributed by atoms with Crippen molar-refractivity contribution >= 4 is 21.6 Å². The van der Waals surface area contributed by atoms with Crippen LogP contribution in [0.1, 0.15) is 6.42 Å². The Morgan fingerprint density at radius 1 is 1.43 bits per heavy atom. The maximum atomic E-state index is 13.0. The smallest absolute Gasteiger partial charge is 0.239 e. The van der Waals surface area contributed by atoms with Gasteiger partial charge < -0.3 is 10.1 Å². The number of carbonyl (C=O) groups excluding carboxylic acids is 1. The van der Waals surface area contributed by atoms with Crippen LogP contribution in [0.15, 0.2) is 24.3 Å². The van der Waals surface area contributed by atoms with Gasteiger partial charge in [0, 0.05) is 25.9 Å². The van der Waals surface area contributed by atoms with Crippen LogP contribution in [0.2, 0.25) is 0 Å². The first-order chi connectivity index (χ1) is 9.82. The van der Waals surface area contributed by atoms with Gasteiger partial charge >= 0.3 is 0 Å². The third-order valence-corrected chi connectivity index (χ3v) is 3.90. The minimum Gasteiger partial charge on any atom is -0.385 e. The third kappa shape index (κ3) is 6.65. The number of ether oxygens (including phenoxy) is 1. The van der Waals surface area contributed by atoms with E-state index in [4.69, 9.17) is 4.74 Å². The summed E-state index contributed by atoms with van der Waals surface area (Å²) >= 11 is 0. The van der Waals surface area contributed by atoms with Crippen LogP contribution in [0.4, 0.5) is 10.1 Å². The second kappa shape index (κ2) is 8.06. The van der Waals surface area contributed by atoms with Crippen molar-refractivity contribution in [3.8, 4) is 0 Å². The molecule has 1 aromatic rings. The molecule has 0 atom stereocenters. The minimum absolute atomic E-state index is 0.184. The van der Waals surface area contributed by atoms with Gasteiger partial charge in [-0.3, -0.25) is 4.79 Å². The molecule has 0 aliphatic rings. The number of rotatable bonds is 8. The maximum absolute atomic E-state index is 13.0. The van der Waals surface area contributed by atoms with Gasteiger partial charge in [-0.1, -0.05) is 6.07 Å². The van der Waals surface area contributed by atoms with Gasteiger partial charge in [0.25, 0.3) is 0 Å². The largest absolute Gasteiger partial charge is 0.385 e. The number of nitrogens with one attached hydrogen (secondary N) is 1. The van der Waals surface area contributed by atoms with Crippen molar-refractivity contribution in [3.63, 3.8) is 0 Å². The first kappa shape index (κ1) is 17.5. The summed E-state index contributed by atoms with van der Waals surface area (Å²) in [6, 6.07) is 5.39. The molecular weight excluding hydrogens is 299 g/mol. The Hall–Kier alpha value is -1.51. The Kier molecular flexibility index (Phi) is 6.73. The van der Waals surface area contributed by atoms with Crippen LogP contribution in [0.3, 0.4) is 0 Å². The van der Waals surface area contributed by atoms with Crippen molar-refractivity contribution in [2.24, 2.45) is 0 Å². The molecule has 0 saturated carbocycles. The van der Waals surface area contributed by atoms with Crippen molar-refractivity contribution in [3.05, 3.63) is 30.1 Å². The monoisotopic (exact) mass is 318 g/mol. The van der Waals surface area contributed by atoms with Gasteiger partial charge in [-0.05, 0) is 24.6 Å². The van der Waals surface area contributed by atoms with Gasteiger partial charge in [-0.25, -0.2) is 12.8 Å². The molecule has 21 heavy (non-hydrogen) atoms. The molecule has 1 N–H and O–H groups in total. The summed E-state index contributed by atoms with van der Waals surface area (Å²) in [7, 11) is -1.98. The average molecular weight is 318 g/mol. The molecule has 8 heteroatoms. The highest BCUT2D eigenvalue weighted by Gasteiger charge is 2.19. The van der Waals surface area contributed by atoms with Crippen LogP contribution in [0.25, 0.3) is 0 Å². The first-order valence-corrected chi connectivity index (χ1v) is 8.17. The van der Waals surface area contributed by atoms with E-state index in [9.17, 15) is 17.6 Å². The summed E-state index contributed by atoms with van der Waals surface area (Å²) < 4.78 is 42.1. The Balaban J connectivity index is 2.63. The molecule has 1 rings (SSSR count). The van der Waals surface area contributed by atoms with E-state index in [-0.39, 0.29) is 18.8 Å². The number of benzene rings is 1. The number of sulfonamides is 1. The highest BCUT2D eigenvalue weighted by molar-refractivity contribution is 7.88. The van der Waals surface area contributed by atoms with Crippen LogP contribution in [0.5, 0.6) is 0 Å². The fraction of sp³-hybridized carbons (Fsp3) is 0.462. The van der Waals surface area contributed by atoms with Gasteiger partial charge in [-0.2, -0.15) is 4.31 Å². The standard InChI is InChI=1S/C13H19FN2O4S/c1-20-8-4-7-16(21(2,18)19)10-13(17)15-12-6-3-5-11(14)9-12/h3,5-6,9H,4,7-8,10H2,1-2H3,(H,15,17). The van der Waals surface area contributed by atoms with Gasteiger partial charge in [-0.15, -0.1) is 0 Å². The van der Waals surface area contributed by atoms with Gasteiger partial charge in [0.15, 0.2) is 0 Å². The van der Waals surface area contributed by atoms with Crippen LogP contribution < -0.4 is 5.32 Å². The number of carbonyl (C=O) groups is 1. The Bertz CT molecular complexity index is 577. The van der Waals surface area contributed by atoms with Crippen LogP contribution in [-0.2, 0) is 19.6 Å². The summed E-state index contributed by atoms with van der Waals surface area (Å²) in [5, 5.41) is 2.46. The second-order valence-electron chi connectivity index (χ2n) is 4.50. The van der Waals surface area contributed by atoms with E-state index in [1.807, 2.05) is 0 Å². The number of nitrogens with zero attached hydrogens (tertiary/aromatic N) is 1. The molecule has 0 aliphatic heterocycles. The van der Waals surface area contributed by atoms with Gasteiger partial charge in [0.1, 0.15) is 5.82 Å². The predicted molar refractivity (Wildman–Crippen MR) is 77.9 cm³/mol. The number of anilines is 1. The lowest BCUT2D eigenvalue weighted by Gasteiger charge is -2.19. The molecule has 1 aromatic carbocycles. The predicted octanol–water partition coefficient (Wildman–Crippen LogP) is 1.06. The van der Waals surface area contributed by atoms with Crippen molar-refractivity contribution in [2.75, 3.05) is 38.4 Å². The van der Waals surface area contributed by atoms with E-state index in [0.717, 1.165) is 16.6 Å². The topological polar surface area (TPSA) is 75.7 Å². The zero-order valence-electron chi connectivity index (χ0n) is 12.0. The number of amides is 1. The lowest BCUT2D eigenvalue weighted by Crippen LogP contribution is -2.38. The summed E-state index contributed by atoms with van der Waals surface area (Å²) in [5.74, 6) is -1.00. The Morgan fingerprint density at radius 2 is 2.14 bits per heavy atom. The van der Waals surface area contributed by atoms with Crippen molar-refractivity contribution in [1.29, 1.82) is 0 Å². The van der Waals surface area contributed by atoms with E-state index >= 15 is 0 Å². The number of hydrogen-bond acceptors (Lipinski definition) is 4. The van der Waals surface area contributed by atoms with Gasteiger partial charge in [0.05, 0.1) is 12.8 Å². The van der Waals surface area contributed by atoms with Crippen molar-refractivity contribution in [2.45, 2.75) is 6.42 Å². The zero-order chi connectivity index (χ0) is 15.9. The van der Waals surface area contributed by atoms with E-state index in [0.29, 0.717) is 13.0 Å². The van der Waals surface area contributed by atoms with Crippen LogP contribution in [-0.4, -0.2) is 51.7 Å². The highest BCUT2D eigenvalue weighted by atomic mass is 32.2. The molecular formula is C13H19FN2O4S. The maximum Gasteiger partial charge on any atom is 0.239 e. The SMILES string of the molecule is COCCCN(CC(=O)Nc1cccc(F)c1)S(C)(=O)=O. The molecule has 0 bridgehead atoms. The van der Waals surface area contributed by atoms with E-state index in [1.54, 1.807) is 0 Å². The summed E-state index contributed by atoms with van der Waals surface area (Å²) in [6.45, 7) is 0.264. The number of halogens is 1. The molecule has 0 aliphatic carbocycles. The number of methoxy groups -OCH3 is 1. The van der Waals surface area contributed by atoms with Crippen LogP contribution >= 0.6 is 0 Å². The molecule has 1 amide bonds. The van der Waals surface area contributed by atoms with Crippen LogP contribution in [0, 0.1) is 5.82 Å². The lowest BCUT2D eigenvalue weighted by atomic mass is 10.3. The van der Waals surface area contributed by atoms with E-state index < -0.39 is 21.7 Å². The Morgan fingerprint density at radius 3 is 2.71 bits per heavy atom. The average Bonchev–Trinajstić information content (AvgIpc) is 2.36. The second-order valence-corrected chi connectivity index (χ2v) is 6.48. The summed E-state index contributed by atoms with van der Waals surface area (Å²) in [6.07, 6.45) is 1.52. The molecule has 0 spiro atoms. The molecule has 0 radical (unpaired) electrons. The Labute approximate surface area is 123 Å². The van der Waals surface area contributed by atoms with E-state index in [1.165, 1.54) is 25.3 Å². The molecule has 0 saturated heterocycles. The molecule has 0 heterocycles. The minimum atomic E-state index is -3.50. The summed E-state index contributed by atoms with van der Waals surface area (Å²) in [4.78, 5) is 11.8. The van der Waals surface area contributed by atoms with Crippen molar-refractivity contribution < 1.29 is 22.3 Å². The highest BCUT2D eigenvalue weighted by Crippen LogP contribution is 2.09. The lowest BCUT2D eigenvalue weighted by molar-refractivity contribution is -0.116. The third-order valence-electron chi connectivity index (χ3n) is 2.65. The normalized spacial score (nSPS) is 11.6. The number of hydrogen-bond donors (Lipinski definition) is 1. The fourth-order valence-corrected chi connectivity index (χ4v) is 2.49. The molecule has 0 unspecified atom stereocenters. The molecule has 0 fully saturated rings. The van der Waals surface area contributed by atoms with E-state index in [2.05, 4.69) is 5.32 Å². The molecule has 0 aromatic heterocycles. The molecule has 6 nitrogen and oxygen atoms in total. The van der Waals surface area contributed by atoms with Gasteiger partial charge in [0.2, 0.25) is 15.9 Å². The molecule has 118 valence electrons. The summed E-state index contributed by atoms with van der Waals surface area (Å²) in [5.41, 5.74) is 0.283.